The topological polar surface area (TPSA) is 51.0 Å². The van der Waals surface area contributed by atoms with Crippen molar-refractivity contribution in [2.45, 2.75) is 30.2 Å². The van der Waals surface area contributed by atoms with Crippen LogP contribution in [0.4, 0.5) is 5.69 Å². The fourth-order valence-electron chi connectivity index (χ4n) is 3.26. The molecule has 1 atom stereocenters. The van der Waals surface area contributed by atoms with E-state index in [1.807, 2.05) is 64.9 Å². The Morgan fingerprint density at radius 2 is 1.88 bits per heavy atom. The van der Waals surface area contributed by atoms with Crippen molar-refractivity contribution in [1.82, 2.24) is 14.8 Å². The van der Waals surface area contributed by atoms with E-state index >= 15 is 0 Å². The molecule has 4 rings (SSSR count). The Morgan fingerprint density at radius 1 is 1.12 bits per heavy atom. The molecular weight excluding hydrogens is 344 g/mol. The van der Waals surface area contributed by atoms with Crippen LogP contribution in [0.1, 0.15) is 18.9 Å². The molecule has 2 heterocycles. The molecule has 1 aliphatic heterocycles. The average Bonchev–Trinajstić information content (AvgIpc) is 3.15. The summed E-state index contributed by atoms with van der Waals surface area (Å²) in [6.45, 7) is 2.71. The number of fused-ring (bicyclic) bond motifs is 1. The van der Waals surface area contributed by atoms with E-state index in [1.54, 1.807) is 6.33 Å². The van der Waals surface area contributed by atoms with Crippen LogP contribution in [0.2, 0.25) is 0 Å². The Bertz CT molecular complexity index is 909. The number of hydrogen-bond donors (Lipinski definition) is 0. The van der Waals surface area contributed by atoms with Crippen LogP contribution in [0.25, 0.3) is 5.69 Å². The molecular formula is C20H20N4OS. The number of nitrogens with zero attached hydrogens (tertiary/aromatic N) is 4. The number of aryl methyl sites for hydroxylation is 1. The van der Waals surface area contributed by atoms with Crippen LogP contribution in [0.5, 0.6) is 0 Å². The number of aromatic nitrogens is 3. The van der Waals surface area contributed by atoms with Gasteiger partial charge in [-0.05, 0) is 43.5 Å². The van der Waals surface area contributed by atoms with Crippen molar-refractivity contribution in [1.29, 1.82) is 0 Å². The molecule has 0 radical (unpaired) electrons. The second-order valence-electron chi connectivity index (χ2n) is 6.30. The lowest BCUT2D eigenvalue weighted by Crippen LogP contribution is -2.40. The first-order chi connectivity index (χ1) is 12.7. The molecule has 0 saturated heterocycles. The van der Waals surface area contributed by atoms with Gasteiger partial charge in [0.25, 0.3) is 0 Å². The van der Waals surface area contributed by atoms with E-state index in [-0.39, 0.29) is 11.2 Å². The number of rotatable bonds is 4. The quantitative estimate of drug-likeness (QED) is 0.662. The minimum atomic E-state index is -0.243. The first kappa shape index (κ1) is 16.8. The van der Waals surface area contributed by atoms with Gasteiger partial charge >= 0.3 is 0 Å². The molecule has 0 N–H and O–H groups in total. The van der Waals surface area contributed by atoms with Crippen LogP contribution in [0.3, 0.4) is 0 Å². The third-order valence-corrected chi connectivity index (χ3v) is 5.60. The molecule has 1 aromatic heterocycles. The molecule has 5 nitrogen and oxygen atoms in total. The summed E-state index contributed by atoms with van der Waals surface area (Å²) in [5.41, 5.74) is 3.28. The standard InChI is InChI=1S/C20H20N4OS/c1-15(19(25)23-13-7-9-16-8-5-6-12-18(16)23)26-20-22-21-14-24(20)17-10-3-2-4-11-17/h2-6,8,10-12,14-15H,7,9,13H2,1H3/t15-/m0/s1. The molecule has 0 unspecified atom stereocenters. The normalized spacial score (nSPS) is 14.7. The van der Waals surface area contributed by atoms with Gasteiger partial charge in [-0.25, -0.2) is 0 Å². The average molecular weight is 364 g/mol. The van der Waals surface area contributed by atoms with Gasteiger partial charge in [-0.2, -0.15) is 0 Å². The smallest absolute Gasteiger partial charge is 0.240 e. The predicted octanol–water partition coefficient (Wildman–Crippen LogP) is 3.73. The highest BCUT2D eigenvalue weighted by Gasteiger charge is 2.27. The maximum atomic E-state index is 13.1. The van der Waals surface area contributed by atoms with Gasteiger partial charge in [0, 0.05) is 17.9 Å². The highest BCUT2D eigenvalue weighted by atomic mass is 32.2. The van der Waals surface area contributed by atoms with Crippen molar-refractivity contribution < 1.29 is 4.79 Å². The van der Waals surface area contributed by atoms with Crippen LogP contribution < -0.4 is 4.90 Å². The number of anilines is 1. The fraction of sp³-hybridized carbons (Fsp3) is 0.250. The van der Waals surface area contributed by atoms with Gasteiger partial charge in [0.2, 0.25) is 5.91 Å². The zero-order valence-corrected chi connectivity index (χ0v) is 15.4. The molecule has 2 aromatic carbocycles. The Labute approximate surface area is 157 Å². The molecule has 0 fully saturated rings. The van der Waals surface area contributed by atoms with Crippen LogP contribution in [-0.4, -0.2) is 32.5 Å². The number of para-hydroxylation sites is 2. The highest BCUT2D eigenvalue weighted by molar-refractivity contribution is 8.00. The van der Waals surface area contributed by atoms with Crippen molar-refractivity contribution in [3.8, 4) is 5.69 Å². The van der Waals surface area contributed by atoms with Gasteiger partial charge in [0.1, 0.15) is 6.33 Å². The third kappa shape index (κ3) is 3.24. The lowest BCUT2D eigenvalue weighted by atomic mass is 10.0. The molecule has 0 aliphatic carbocycles. The summed E-state index contributed by atoms with van der Waals surface area (Å²) in [7, 11) is 0. The Kier molecular flexibility index (Phi) is 4.75. The molecule has 1 aliphatic rings. The van der Waals surface area contributed by atoms with E-state index in [4.69, 9.17) is 0 Å². The molecule has 132 valence electrons. The van der Waals surface area contributed by atoms with Gasteiger partial charge in [-0.3, -0.25) is 9.36 Å². The maximum Gasteiger partial charge on any atom is 0.240 e. The molecule has 1 amide bonds. The molecule has 0 saturated carbocycles. The van der Waals surface area contributed by atoms with Crippen molar-refractivity contribution in [3.63, 3.8) is 0 Å². The van der Waals surface area contributed by atoms with E-state index < -0.39 is 0 Å². The zero-order valence-electron chi connectivity index (χ0n) is 14.6. The summed E-state index contributed by atoms with van der Waals surface area (Å²) in [5.74, 6) is 0.116. The van der Waals surface area contributed by atoms with E-state index in [0.717, 1.165) is 35.9 Å². The number of benzene rings is 2. The zero-order chi connectivity index (χ0) is 17.9. The van der Waals surface area contributed by atoms with Gasteiger partial charge in [-0.1, -0.05) is 48.2 Å². The van der Waals surface area contributed by atoms with Crippen molar-refractivity contribution in [3.05, 3.63) is 66.5 Å². The molecule has 26 heavy (non-hydrogen) atoms. The number of amides is 1. The predicted molar refractivity (Wildman–Crippen MR) is 104 cm³/mol. The summed E-state index contributed by atoms with van der Waals surface area (Å²) in [5, 5.41) is 8.72. The van der Waals surface area contributed by atoms with E-state index in [1.165, 1.54) is 17.3 Å². The Hall–Kier alpha value is -2.60. The van der Waals surface area contributed by atoms with Crippen molar-refractivity contribution in [2.75, 3.05) is 11.4 Å². The second-order valence-corrected chi connectivity index (χ2v) is 7.61. The minimum Gasteiger partial charge on any atom is -0.311 e. The summed E-state index contributed by atoms with van der Waals surface area (Å²) in [4.78, 5) is 15.0. The molecule has 0 spiro atoms. The van der Waals surface area contributed by atoms with Crippen LogP contribution >= 0.6 is 11.8 Å². The summed E-state index contributed by atoms with van der Waals surface area (Å²) in [6, 6.07) is 18.1. The Morgan fingerprint density at radius 3 is 2.73 bits per heavy atom. The maximum absolute atomic E-state index is 13.1. The van der Waals surface area contributed by atoms with Gasteiger partial charge in [-0.15, -0.1) is 10.2 Å². The number of hydrogen-bond acceptors (Lipinski definition) is 4. The largest absolute Gasteiger partial charge is 0.311 e. The number of carbonyl (C=O) groups excluding carboxylic acids is 1. The monoisotopic (exact) mass is 364 g/mol. The fourth-order valence-corrected chi connectivity index (χ4v) is 4.17. The van der Waals surface area contributed by atoms with E-state index in [2.05, 4.69) is 16.3 Å². The lowest BCUT2D eigenvalue weighted by molar-refractivity contribution is -0.117. The summed E-state index contributed by atoms with van der Waals surface area (Å²) < 4.78 is 1.92. The molecule has 0 bridgehead atoms. The van der Waals surface area contributed by atoms with Crippen molar-refractivity contribution in [2.24, 2.45) is 0 Å². The first-order valence-corrected chi connectivity index (χ1v) is 9.63. The number of carbonyl (C=O) groups is 1. The van der Waals surface area contributed by atoms with Crippen LogP contribution in [-0.2, 0) is 11.2 Å². The SMILES string of the molecule is C[C@H](Sc1nncn1-c1ccccc1)C(=O)N1CCCc2ccccc21. The highest BCUT2D eigenvalue weighted by Crippen LogP contribution is 2.31. The van der Waals surface area contributed by atoms with Crippen LogP contribution in [0, 0.1) is 0 Å². The van der Waals surface area contributed by atoms with Gasteiger partial charge < -0.3 is 4.90 Å². The second kappa shape index (κ2) is 7.33. The minimum absolute atomic E-state index is 0.116. The van der Waals surface area contributed by atoms with E-state index in [9.17, 15) is 4.79 Å². The molecule has 6 heteroatoms. The van der Waals surface area contributed by atoms with Gasteiger partial charge in [0.15, 0.2) is 5.16 Å². The van der Waals surface area contributed by atoms with E-state index in [0.29, 0.717) is 0 Å². The van der Waals surface area contributed by atoms with Crippen molar-refractivity contribution >= 4 is 23.4 Å². The van der Waals surface area contributed by atoms with Crippen LogP contribution in [0.15, 0.2) is 66.1 Å². The first-order valence-electron chi connectivity index (χ1n) is 8.75. The molecule has 3 aromatic rings. The number of thioether (sulfide) groups is 1. The van der Waals surface area contributed by atoms with Gasteiger partial charge in [0.05, 0.1) is 5.25 Å². The summed E-state index contributed by atoms with van der Waals surface area (Å²) >= 11 is 1.45. The Balaban J connectivity index is 1.54. The lowest BCUT2D eigenvalue weighted by Gasteiger charge is -2.31. The third-order valence-electron chi connectivity index (χ3n) is 4.56. The summed E-state index contributed by atoms with van der Waals surface area (Å²) in [6.07, 6.45) is 3.72.